The molecule has 5 aromatic rings. The summed E-state index contributed by atoms with van der Waals surface area (Å²) in [6.45, 7) is 4.22. The van der Waals surface area contributed by atoms with Crippen LogP contribution >= 0.6 is 11.6 Å². The van der Waals surface area contributed by atoms with Crippen LogP contribution in [0, 0.1) is 0 Å². The Hall–Kier alpha value is -3.94. The highest BCUT2D eigenvalue weighted by molar-refractivity contribution is 6.31. The molecule has 0 radical (unpaired) electrons. The zero-order valence-corrected chi connectivity index (χ0v) is 20.3. The van der Waals surface area contributed by atoms with Gasteiger partial charge in [0.1, 0.15) is 5.82 Å². The Balaban J connectivity index is 1.30. The number of nitrogens with one attached hydrogen (secondary N) is 1. The molecule has 1 saturated heterocycles. The van der Waals surface area contributed by atoms with Gasteiger partial charge >= 0.3 is 0 Å². The minimum atomic E-state index is -0.227. The topological polar surface area (TPSA) is 78.3 Å². The molecular weight excluding hydrogens is 474 g/mol. The summed E-state index contributed by atoms with van der Waals surface area (Å²) in [6, 6.07) is 23.1. The SMILES string of the molecule is O=c1[nH]c2ccc(Cl)cc2c(-c2ccccc2)c1-c1cc(CN2CCN(c3ccccn3)CC2)no1. The first-order chi connectivity index (χ1) is 17.7. The number of nitrogens with zero attached hydrogens (tertiary/aromatic N) is 4. The number of piperazine rings is 1. The number of aromatic amines is 1. The van der Waals surface area contributed by atoms with Gasteiger partial charge in [0.15, 0.2) is 5.76 Å². The van der Waals surface area contributed by atoms with E-state index in [2.05, 4.69) is 24.9 Å². The van der Waals surface area contributed by atoms with Crippen molar-refractivity contribution in [3.8, 4) is 22.5 Å². The van der Waals surface area contributed by atoms with Gasteiger partial charge in [-0.25, -0.2) is 4.98 Å². The summed E-state index contributed by atoms with van der Waals surface area (Å²) in [4.78, 5) is 25.3. The predicted molar refractivity (Wildman–Crippen MR) is 142 cm³/mol. The normalized spacial score (nSPS) is 14.4. The van der Waals surface area contributed by atoms with E-state index in [1.165, 1.54) is 0 Å². The maximum Gasteiger partial charge on any atom is 0.260 e. The summed E-state index contributed by atoms with van der Waals surface area (Å²) in [7, 11) is 0. The number of pyridine rings is 2. The van der Waals surface area contributed by atoms with Gasteiger partial charge < -0.3 is 14.4 Å². The first-order valence-corrected chi connectivity index (χ1v) is 12.3. The standard InChI is InChI=1S/C28H24ClN5O2/c29-20-9-10-23-22(16-20)26(19-6-2-1-3-7-19)27(28(35)31-23)24-17-21(32-36-24)18-33-12-14-34(15-13-33)25-8-4-5-11-30-25/h1-11,16-17H,12-15,18H2,(H,31,35). The molecule has 0 aliphatic carbocycles. The lowest BCUT2D eigenvalue weighted by atomic mass is 9.95. The third-order valence-corrected chi connectivity index (χ3v) is 6.81. The van der Waals surface area contributed by atoms with Crippen molar-refractivity contribution in [1.82, 2.24) is 20.0 Å². The van der Waals surface area contributed by atoms with Crippen LogP contribution in [0.4, 0.5) is 5.82 Å². The Labute approximate surface area is 212 Å². The minimum absolute atomic E-state index is 0.227. The van der Waals surface area contributed by atoms with Gasteiger partial charge in [0.25, 0.3) is 5.56 Å². The lowest BCUT2D eigenvalue weighted by molar-refractivity contribution is 0.242. The lowest BCUT2D eigenvalue weighted by Crippen LogP contribution is -2.46. The fourth-order valence-corrected chi connectivity index (χ4v) is 4.99. The molecule has 1 N–H and O–H groups in total. The van der Waals surface area contributed by atoms with Crippen LogP contribution in [0.3, 0.4) is 0 Å². The molecule has 3 aromatic heterocycles. The summed E-state index contributed by atoms with van der Waals surface area (Å²) in [5.41, 5.74) is 3.43. The molecule has 0 atom stereocenters. The zero-order valence-electron chi connectivity index (χ0n) is 19.5. The molecule has 8 heteroatoms. The van der Waals surface area contributed by atoms with E-state index in [0.717, 1.165) is 59.7 Å². The number of hydrogen-bond donors (Lipinski definition) is 1. The van der Waals surface area contributed by atoms with E-state index in [9.17, 15) is 4.79 Å². The summed E-state index contributed by atoms with van der Waals surface area (Å²) < 4.78 is 5.75. The van der Waals surface area contributed by atoms with E-state index in [0.29, 0.717) is 22.9 Å². The number of anilines is 1. The second-order valence-electron chi connectivity index (χ2n) is 8.89. The van der Waals surface area contributed by atoms with Crippen LogP contribution in [-0.2, 0) is 6.54 Å². The Kier molecular flexibility index (Phi) is 6.01. The van der Waals surface area contributed by atoms with Gasteiger partial charge in [-0.3, -0.25) is 9.69 Å². The molecule has 180 valence electrons. The number of benzene rings is 2. The van der Waals surface area contributed by atoms with Crippen molar-refractivity contribution in [3.05, 3.63) is 100 Å². The summed E-state index contributed by atoms with van der Waals surface area (Å²) in [5.74, 6) is 1.45. The van der Waals surface area contributed by atoms with Crippen molar-refractivity contribution in [2.75, 3.05) is 31.1 Å². The Bertz CT molecular complexity index is 1560. The number of hydrogen-bond acceptors (Lipinski definition) is 6. The van der Waals surface area contributed by atoms with Gasteiger partial charge in [0, 0.05) is 66.5 Å². The molecule has 0 spiro atoms. The van der Waals surface area contributed by atoms with Gasteiger partial charge in [-0.15, -0.1) is 0 Å². The highest BCUT2D eigenvalue weighted by atomic mass is 35.5. The third-order valence-electron chi connectivity index (χ3n) is 6.58. The average molecular weight is 498 g/mol. The predicted octanol–water partition coefficient (Wildman–Crippen LogP) is 5.22. The van der Waals surface area contributed by atoms with Gasteiger partial charge in [-0.05, 0) is 35.9 Å². The number of H-pyrrole nitrogens is 1. The van der Waals surface area contributed by atoms with Crippen LogP contribution in [-0.4, -0.2) is 46.2 Å². The van der Waals surface area contributed by atoms with Crippen molar-refractivity contribution in [1.29, 1.82) is 0 Å². The van der Waals surface area contributed by atoms with Crippen LogP contribution in [0.15, 0.2) is 88.3 Å². The fraction of sp³-hybridized carbons (Fsp3) is 0.179. The van der Waals surface area contributed by atoms with Crippen LogP contribution in [0.5, 0.6) is 0 Å². The molecule has 1 aliphatic rings. The zero-order chi connectivity index (χ0) is 24.5. The largest absolute Gasteiger partial charge is 0.356 e. The van der Waals surface area contributed by atoms with E-state index in [4.69, 9.17) is 16.1 Å². The molecule has 0 saturated carbocycles. The molecule has 36 heavy (non-hydrogen) atoms. The molecule has 1 fully saturated rings. The van der Waals surface area contributed by atoms with Crippen molar-refractivity contribution in [3.63, 3.8) is 0 Å². The number of aromatic nitrogens is 3. The van der Waals surface area contributed by atoms with Crippen molar-refractivity contribution >= 4 is 28.3 Å². The maximum absolute atomic E-state index is 13.3. The molecule has 0 unspecified atom stereocenters. The highest BCUT2D eigenvalue weighted by Crippen LogP contribution is 2.36. The Morgan fingerprint density at radius 2 is 1.72 bits per heavy atom. The highest BCUT2D eigenvalue weighted by Gasteiger charge is 2.22. The van der Waals surface area contributed by atoms with Crippen LogP contribution in [0.2, 0.25) is 5.02 Å². The van der Waals surface area contributed by atoms with Crippen molar-refractivity contribution in [2.45, 2.75) is 6.54 Å². The van der Waals surface area contributed by atoms with Crippen molar-refractivity contribution < 1.29 is 4.52 Å². The van der Waals surface area contributed by atoms with E-state index in [1.54, 1.807) is 6.07 Å². The molecule has 7 nitrogen and oxygen atoms in total. The summed E-state index contributed by atoms with van der Waals surface area (Å²) in [6.07, 6.45) is 1.82. The number of rotatable bonds is 5. The number of fused-ring (bicyclic) bond motifs is 1. The van der Waals surface area contributed by atoms with Gasteiger partial charge in [0.05, 0.1) is 11.3 Å². The monoisotopic (exact) mass is 497 g/mol. The van der Waals surface area contributed by atoms with Gasteiger partial charge in [-0.1, -0.05) is 53.2 Å². The molecule has 0 amide bonds. The number of halogens is 1. The molecule has 1 aliphatic heterocycles. The molecule has 4 heterocycles. The second-order valence-corrected chi connectivity index (χ2v) is 9.33. The first kappa shape index (κ1) is 22.5. The minimum Gasteiger partial charge on any atom is -0.356 e. The Morgan fingerprint density at radius 3 is 2.50 bits per heavy atom. The van der Waals surface area contributed by atoms with E-state index >= 15 is 0 Å². The molecule has 6 rings (SSSR count). The summed E-state index contributed by atoms with van der Waals surface area (Å²) >= 11 is 6.34. The van der Waals surface area contributed by atoms with Crippen LogP contribution < -0.4 is 10.5 Å². The van der Waals surface area contributed by atoms with E-state index in [1.807, 2.05) is 72.9 Å². The van der Waals surface area contributed by atoms with E-state index < -0.39 is 0 Å². The molecular formula is C28H24ClN5O2. The quantitative estimate of drug-likeness (QED) is 0.358. The summed E-state index contributed by atoms with van der Waals surface area (Å²) in [5, 5.41) is 5.77. The second kappa shape index (κ2) is 9.60. The maximum atomic E-state index is 13.3. The Morgan fingerprint density at radius 1 is 0.917 bits per heavy atom. The van der Waals surface area contributed by atoms with Crippen molar-refractivity contribution in [2.24, 2.45) is 0 Å². The lowest BCUT2D eigenvalue weighted by Gasteiger charge is -2.34. The van der Waals surface area contributed by atoms with E-state index in [-0.39, 0.29) is 5.56 Å². The van der Waals surface area contributed by atoms with Gasteiger partial charge in [0.2, 0.25) is 0 Å². The third kappa shape index (κ3) is 4.39. The fourth-order valence-electron chi connectivity index (χ4n) is 4.81. The average Bonchev–Trinajstić information content (AvgIpc) is 3.37. The van der Waals surface area contributed by atoms with Crippen LogP contribution in [0.25, 0.3) is 33.4 Å². The van der Waals surface area contributed by atoms with Crippen LogP contribution in [0.1, 0.15) is 5.69 Å². The van der Waals surface area contributed by atoms with Gasteiger partial charge in [-0.2, -0.15) is 0 Å². The smallest absolute Gasteiger partial charge is 0.260 e. The first-order valence-electron chi connectivity index (χ1n) is 11.9. The molecule has 2 aromatic carbocycles. The molecule has 0 bridgehead atoms.